The predicted molar refractivity (Wildman–Crippen MR) is 99.4 cm³/mol. The molecule has 0 saturated carbocycles. The van der Waals surface area contributed by atoms with Gasteiger partial charge in [-0.05, 0) is 31.5 Å². The third-order valence-corrected chi connectivity index (χ3v) is 5.25. The van der Waals surface area contributed by atoms with Crippen LogP contribution in [-0.2, 0) is 5.41 Å². The molecular weight excluding hydrogens is 331 g/mol. The lowest BCUT2D eigenvalue weighted by Gasteiger charge is -2.39. The molecule has 5 nitrogen and oxygen atoms in total. The zero-order valence-electron chi connectivity index (χ0n) is 16.4. The topological polar surface area (TPSA) is 45.4 Å². The summed E-state index contributed by atoms with van der Waals surface area (Å²) >= 11 is 0. The molecule has 3 rings (SSSR count). The summed E-state index contributed by atoms with van der Waals surface area (Å²) in [4.78, 5) is 9.36. The molecule has 1 fully saturated rings. The lowest BCUT2D eigenvalue weighted by molar-refractivity contribution is 0.0677. The SMILES string of the molecule is C[C@@H](c1cccc(F)c1)N1CCN([C@@H](C)c2nc(C(C)(C)C)no2)CC1. The van der Waals surface area contributed by atoms with Crippen LogP contribution in [0.5, 0.6) is 0 Å². The van der Waals surface area contributed by atoms with Crippen LogP contribution in [0, 0.1) is 5.82 Å². The van der Waals surface area contributed by atoms with E-state index in [4.69, 9.17) is 4.52 Å². The van der Waals surface area contributed by atoms with Crippen LogP contribution in [0.2, 0.25) is 0 Å². The van der Waals surface area contributed by atoms with Crippen LogP contribution in [0.1, 0.15) is 64.0 Å². The molecular formula is C20H29FN4O. The van der Waals surface area contributed by atoms with Gasteiger partial charge in [0.25, 0.3) is 0 Å². The molecule has 2 aromatic rings. The van der Waals surface area contributed by atoms with E-state index < -0.39 is 0 Å². The van der Waals surface area contributed by atoms with Crippen LogP contribution in [-0.4, -0.2) is 46.1 Å². The zero-order valence-corrected chi connectivity index (χ0v) is 16.4. The second-order valence-electron chi connectivity index (χ2n) is 8.19. The fourth-order valence-corrected chi connectivity index (χ4v) is 3.35. The van der Waals surface area contributed by atoms with Crippen molar-refractivity contribution in [3.8, 4) is 0 Å². The Kier molecular flexibility index (Phi) is 5.44. The van der Waals surface area contributed by atoms with Crippen LogP contribution in [0.3, 0.4) is 0 Å². The average Bonchev–Trinajstić information content (AvgIpc) is 3.11. The minimum absolute atomic E-state index is 0.102. The molecule has 0 N–H and O–H groups in total. The Balaban J connectivity index is 1.60. The van der Waals surface area contributed by atoms with E-state index in [1.807, 2.05) is 6.07 Å². The molecule has 0 spiro atoms. The van der Waals surface area contributed by atoms with Gasteiger partial charge in [0, 0.05) is 37.6 Å². The van der Waals surface area contributed by atoms with E-state index in [2.05, 4.69) is 54.6 Å². The number of aromatic nitrogens is 2. The highest BCUT2D eigenvalue weighted by Gasteiger charge is 2.29. The molecule has 0 unspecified atom stereocenters. The second kappa shape index (κ2) is 7.45. The van der Waals surface area contributed by atoms with Gasteiger partial charge in [-0.15, -0.1) is 0 Å². The van der Waals surface area contributed by atoms with Crippen LogP contribution < -0.4 is 0 Å². The van der Waals surface area contributed by atoms with Crippen LogP contribution in [0.4, 0.5) is 4.39 Å². The summed E-state index contributed by atoms with van der Waals surface area (Å²) in [5.74, 6) is 1.26. The third-order valence-electron chi connectivity index (χ3n) is 5.25. The van der Waals surface area contributed by atoms with E-state index in [1.54, 1.807) is 12.1 Å². The molecule has 1 aliphatic rings. The van der Waals surface area contributed by atoms with E-state index in [-0.39, 0.29) is 23.3 Å². The maximum atomic E-state index is 13.5. The minimum Gasteiger partial charge on any atom is -0.338 e. The Morgan fingerprint density at radius 2 is 1.65 bits per heavy atom. The van der Waals surface area contributed by atoms with Gasteiger partial charge in [-0.2, -0.15) is 4.98 Å². The Morgan fingerprint density at radius 1 is 1.04 bits per heavy atom. The molecule has 2 atom stereocenters. The van der Waals surface area contributed by atoms with Crippen molar-refractivity contribution in [2.75, 3.05) is 26.2 Å². The summed E-state index contributed by atoms with van der Waals surface area (Å²) in [6, 6.07) is 7.21. The molecule has 0 aliphatic carbocycles. The Bertz CT molecular complexity index is 731. The standard InChI is InChI=1S/C20H29FN4O/c1-14(16-7-6-8-17(21)13-16)24-9-11-25(12-10-24)15(2)18-22-19(23-26-18)20(3,4)5/h6-8,13-15H,9-12H2,1-5H3/t14-,15-/m0/s1. The molecule has 0 bridgehead atoms. The number of benzene rings is 1. The first-order valence-corrected chi connectivity index (χ1v) is 9.33. The van der Waals surface area contributed by atoms with E-state index >= 15 is 0 Å². The summed E-state index contributed by atoms with van der Waals surface area (Å²) in [6.07, 6.45) is 0. The van der Waals surface area contributed by atoms with Gasteiger partial charge in [-0.3, -0.25) is 9.80 Å². The molecule has 2 heterocycles. The largest absolute Gasteiger partial charge is 0.338 e. The normalized spacial score (nSPS) is 19.5. The van der Waals surface area contributed by atoms with Gasteiger partial charge in [0.05, 0.1) is 6.04 Å². The maximum absolute atomic E-state index is 13.5. The Labute approximate surface area is 155 Å². The van der Waals surface area contributed by atoms with Crippen molar-refractivity contribution in [1.29, 1.82) is 0 Å². The molecule has 142 valence electrons. The lowest BCUT2D eigenvalue weighted by atomic mass is 9.96. The van der Waals surface area contributed by atoms with Gasteiger partial charge < -0.3 is 4.52 Å². The van der Waals surface area contributed by atoms with Gasteiger partial charge in [-0.25, -0.2) is 4.39 Å². The number of halogens is 1. The van der Waals surface area contributed by atoms with Crippen LogP contribution in [0.15, 0.2) is 28.8 Å². The fraction of sp³-hybridized carbons (Fsp3) is 0.600. The number of piperazine rings is 1. The fourth-order valence-electron chi connectivity index (χ4n) is 3.35. The highest BCUT2D eigenvalue weighted by atomic mass is 19.1. The van der Waals surface area contributed by atoms with Crippen molar-refractivity contribution in [2.24, 2.45) is 0 Å². The molecule has 1 aliphatic heterocycles. The monoisotopic (exact) mass is 360 g/mol. The van der Waals surface area contributed by atoms with Gasteiger partial charge in [0.2, 0.25) is 5.89 Å². The van der Waals surface area contributed by atoms with Gasteiger partial charge in [-0.1, -0.05) is 38.1 Å². The minimum atomic E-state index is -0.173. The molecule has 1 aromatic heterocycles. The number of rotatable bonds is 4. The first kappa shape index (κ1) is 19.0. The lowest BCUT2D eigenvalue weighted by Crippen LogP contribution is -2.47. The van der Waals surface area contributed by atoms with Crippen molar-refractivity contribution in [1.82, 2.24) is 19.9 Å². The quantitative estimate of drug-likeness (QED) is 0.826. The highest BCUT2D eigenvalue weighted by molar-refractivity contribution is 5.19. The summed E-state index contributed by atoms with van der Waals surface area (Å²) in [7, 11) is 0. The van der Waals surface area contributed by atoms with Crippen LogP contribution in [0.25, 0.3) is 0 Å². The van der Waals surface area contributed by atoms with Crippen molar-refractivity contribution >= 4 is 0 Å². The molecule has 6 heteroatoms. The first-order valence-electron chi connectivity index (χ1n) is 9.33. The highest BCUT2D eigenvalue weighted by Crippen LogP contribution is 2.27. The van der Waals surface area contributed by atoms with E-state index in [1.165, 1.54) is 6.07 Å². The van der Waals surface area contributed by atoms with E-state index in [9.17, 15) is 4.39 Å². The number of hydrogen-bond acceptors (Lipinski definition) is 5. The summed E-state index contributed by atoms with van der Waals surface area (Å²) in [5.41, 5.74) is 0.916. The number of nitrogens with zero attached hydrogens (tertiary/aromatic N) is 4. The van der Waals surface area contributed by atoms with Crippen molar-refractivity contribution in [2.45, 2.75) is 52.1 Å². The summed E-state index contributed by atoms with van der Waals surface area (Å²) in [6.45, 7) is 14.2. The second-order valence-corrected chi connectivity index (χ2v) is 8.19. The molecule has 26 heavy (non-hydrogen) atoms. The summed E-state index contributed by atoms with van der Waals surface area (Å²) < 4.78 is 19.0. The Hall–Kier alpha value is -1.79. The molecule has 0 radical (unpaired) electrons. The van der Waals surface area contributed by atoms with Gasteiger partial charge in [0.15, 0.2) is 5.82 Å². The zero-order chi connectivity index (χ0) is 18.9. The van der Waals surface area contributed by atoms with Gasteiger partial charge in [0.1, 0.15) is 5.82 Å². The number of hydrogen-bond donors (Lipinski definition) is 0. The van der Waals surface area contributed by atoms with Crippen molar-refractivity contribution in [3.05, 3.63) is 47.4 Å². The molecule has 1 aromatic carbocycles. The van der Waals surface area contributed by atoms with Crippen molar-refractivity contribution < 1.29 is 8.91 Å². The molecule has 1 saturated heterocycles. The average molecular weight is 360 g/mol. The van der Waals surface area contributed by atoms with Crippen molar-refractivity contribution in [3.63, 3.8) is 0 Å². The van der Waals surface area contributed by atoms with Crippen LogP contribution >= 0.6 is 0 Å². The van der Waals surface area contributed by atoms with Gasteiger partial charge >= 0.3 is 0 Å². The van der Waals surface area contributed by atoms with E-state index in [0.29, 0.717) is 5.89 Å². The maximum Gasteiger partial charge on any atom is 0.243 e. The third kappa shape index (κ3) is 4.13. The Morgan fingerprint density at radius 3 is 2.19 bits per heavy atom. The van der Waals surface area contributed by atoms with E-state index in [0.717, 1.165) is 37.6 Å². The smallest absolute Gasteiger partial charge is 0.243 e. The molecule has 0 amide bonds. The first-order chi connectivity index (χ1) is 12.3. The predicted octanol–water partition coefficient (Wildman–Crippen LogP) is 3.95. The summed E-state index contributed by atoms with van der Waals surface area (Å²) in [5, 5.41) is 4.14.